The average Bonchev–Trinajstić information content (AvgIpc) is 3.35. The summed E-state index contributed by atoms with van der Waals surface area (Å²) in [5.41, 5.74) is -1.75. The van der Waals surface area contributed by atoms with E-state index in [9.17, 15) is 19.5 Å². The summed E-state index contributed by atoms with van der Waals surface area (Å²) in [5.74, 6) is -2.00. The first kappa shape index (κ1) is 24.0. The van der Waals surface area contributed by atoms with E-state index in [2.05, 4.69) is 17.6 Å². The van der Waals surface area contributed by atoms with Crippen molar-refractivity contribution in [3.63, 3.8) is 0 Å². The monoisotopic (exact) mass is 437 g/mol. The normalized spacial score (nSPS) is 35.7. The highest BCUT2D eigenvalue weighted by Crippen LogP contribution is 2.64. The second-order valence-corrected chi connectivity index (χ2v) is 9.60. The maximum atomic E-state index is 13.7. The van der Waals surface area contributed by atoms with E-state index in [-0.39, 0.29) is 30.4 Å². The molecule has 0 saturated carbocycles. The standard InChI is InChI=1S/C23H39N3O5/c1-6-9-14(4)25-20(29)18-23-11-10-22(8-3,31-23)16(19(28)24-12-7-2)17(23)21(30)26(18)15(5)13-27/h14-18,27H,6-13H2,1-5H3,(H,24,28)(H,25,29)/t14?,15-,16+,17+,18?,22-,23?/m1/s1. The lowest BCUT2D eigenvalue weighted by molar-refractivity contribution is -0.150. The fraction of sp³-hybridized carbons (Fsp3) is 0.870. The van der Waals surface area contributed by atoms with Crippen molar-refractivity contribution in [2.75, 3.05) is 13.2 Å². The minimum absolute atomic E-state index is 0.0308. The number of aliphatic hydroxyl groups is 1. The molecule has 0 aromatic heterocycles. The van der Waals surface area contributed by atoms with Crippen LogP contribution >= 0.6 is 0 Å². The molecule has 8 heteroatoms. The number of likely N-dealkylation sites (tertiary alicyclic amines) is 1. The van der Waals surface area contributed by atoms with Crippen LogP contribution in [0.5, 0.6) is 0 Å². The number of rotatable bonds is 10. The molecular formula is C23H39N3O5. The van der Waals surface area contributed by atoms with Crippen molar-refractivity contribution in [1.29, 1.82) is 0 Å². The molecule has 3 rings (SSSR count). The quantitative estimate of drug-likeness (QED) is 0.478. The lowest BCUT2D eigenvalue weighted by atomic mass is 9.65. The number of hydrogen-bond donors (Lipinski definition) is 3. The highest BCUT2D eigenvalue weighted by atomic mass is 16.5. The van der Waals surface area contributed by atoms with Gasteiger partial charge in [-0.25, -0.2) is 0 Å². The third kappa shape index (κ3) is 3.65. The number of amides is 3. The van der Waals surface area contributed by atoms with Crippen molar-refractivity contribution in [3.05, 3.63) is 0 Å². The Labute approximate surface area is 185 Å². The third-order valence-electron chi connectivity index (χ3n) is 7.55. The Balaban J connectivity index is 2.03. The Morgan fingerprint density at radius 2 is 1.90 bits per heavy atom. The van der Waals surface area contributed by atoms with Crippen LogP contribution in [-0.2, 0) is 19.1 Å². The summed E-state index contributed by atoms with van der Waals surface area (Å²) in [5, 5.41) is 15.9. The minimum atomic E-state index is -1.03. The summed E-state index contributed by atoms with van der Waals surface area (Å²) in [6, 6.07) is -1.41. The Morgan fingerprint density at radius 1 is 1.19 bits per heavy atom. The molecule has 3 fully saturated rings. The van der Waals surface area contributed by atoms with E-state index in [0.29, 0.717) is 25.8 Å². The molecule has 3 aliphatic heterocycles. The molecule has 3 unspecified atom stereocenters. The van der Waals surface area contributed by atoms with E-state index < -0.39 is 35.1 Å². The van der Waals surface area contributed by atoms with Gasteiger partial charge in [0.1, 0.15) is 11.6 Å². The Hall–Kier alpha value is -1.67. The Kier molecular flexibility index (Phi) is 7.01. The zero-order valence-electron chi connectivity index (χ0n) is 19.6. The van der Waals surface area contributed by atoms with Crippen molar-refractivity contribution >= 4 is 17.7 Å². The maximum Gasteiger partial charge on any atom is 0.246 e. The van der Waals surface area contributed by atoms with Gasteiger partial charge in [0.2, 0.25) is 17.7 Å². The van der Waals surface area contributed by atoms with Gasteiger partial charge in [-0.3, -0.25) is 14.4 Å². The number of nitrogens with zero attached hydrogens (tertiary/aromatic N) is 1. The van der Waals surface area contributed by atoms with E-state index in [1.54, 1.807) is 6.92 Å². The molecule has 3 saturated heterocycles. The van der Waals surface area contributed by atoms with Gasteiger partial charge in [0.15, 0.2) is 0 Å². The van der Waals surface area contributed by atoms with Crippen molar-refractivity contribution in [2.45, 2.75) is 102 Å². The number of ether oxygens (including phenoxy) is 1. The number of carbonyl (C=O) groups excluding carboxylic acids is 3. The lowest BCUT2D eigenvalue weighted by Gasteiger charge is -2.36. The zero-order chi connectivity index (χ0) is 23.0. The van der Waals surface area contributed by atoms with Gasteiger partial charge < -0.3 is 25.4 Å². The van der Waals surface area contributed by atoms with E-state index in [4.69, 9.17) is 4.74 Å². The van der Waals surface area contributed by atoms with E-state index in [1.165, 1.54) is 4.90 Å². The van der Waals surface area contributed by atoms with E-state index >= 15 is 0 Å². The number of hydrogen-bond acceptors (Lipinski definition) is 5. The molecule has 31 heavy (non-hydrogen) atoms. The molecule has 1 spiro atoms. The van der Waals surface area contributed by atoms with Gasteiger partial charge in [-0.1, -0.05) is 27.2 Å². The average molecular weight is 438 g/mol. The predicted molar refractivity (Wildman–Crippen MR) is 116 cm³/mol. The van der Waals surface area contributed by atoms with Gasteiger partial charge in [-0.2, -0.15) is 0 Å². The van der Waals surface area contributed by atoms with Crippen LogP contribution in [0.15, 0.2) is 0 Å². The highest BCUT2D eigenvalue weighted by Gasteiger charge is 2.78. The van der Waals surface area contributed by atoms with Crippen LogP contribution in [0.25, 0.3) is 0 Å². The van der Waals surface area contributed by atoms with E-state index in [1.807, 2.05) is 20.8 Å². The number of aliphatic hydroxyl groups excluding tert-OH is 1. The van der Waals surface area contributed by atoms with Crippen molar-refractivity contribution in [2.24, 2.45) is 11.8 Å². The number of carbonyl (C=O) groups is 3. The zero-order valence-corrected chi connectivity index (χ0v) is 19.6. The maximum absolute atomic E-state index is 13.7. The molecule has 3 heterocycles. The summed E-state index contributed by atoms with van der Waals surface area (Å²) in [4.78, 5) is 41.9. The first-order valence-corrected chi connectivity index (χ1v) is 11.9. The van der Waals surface area contributed by atoms with Crippen LogP contribution in [0.1, 0.15) is 73.1 Å². The largest absolute Gasteiger partial charge is 0.394 e. The first-order chi connectivity index (χ1) is 14.7. The second kappa shape index (κ2) is 9.06. The third-order valence-corrected chi connectivity index (χ3v) is 7.55. The summed E-state index contributed by atoms with van der Waals surface area (Å²) in [6.45, 7) is 10.00. The van der Waals surface area contributed by atoms with Gasteiger partial charge in [-0.05, 0) is 46.0 Å². The molecular weight excluding hydrogens is 398 g/mol. The fourth-order valence-electron chi connectivity index (χ4n) is 6.10. The van der Waals surface area contributed by atoms with Crippen LogP contribution in [0, 0.1) is 11.8 Å². The van der Waals surface area contributed by atoms with Crippen LogP contribution in [0.2, 0.25) is 0 Å². The molecule has 0 aromatic rings. The van der Waals surface area contributed by atoms with Gasteiger partial charge in [0.05, 0.1) is 30.1 Å². The molecule has 3 amide bonds. The summed E-state index contributed by atoms with van der Waals surface area (Å²) in [6.07, 6.45) is 4.39. The molecule has 7 atom stereocenters. The van der Waals surface area contributed by atoms with Gasteiger partial charge >= 0.3 is 0 Å². The fourth-order valence-corrected chi connectivity index (χ4v) is 6.10. The van der Waals surface area contributed by atoms with Crippen LogP contribution in [0.3, 0.4) is 0 Å². The summed E-state index contributed by atoms with van der Waals surface area (Å²) in [7, 11) is 0. The van der Waals surface area contributed by atoms with Crippen LogP contribution < -0.4 is 10.6 Å². The molecule has 0 radical (unpaired) electrons. The number of fused-ring (bicyclic) bond motifs is 1. The lowest BCUT2D eigenvalue weighted by Crippen LogP contribution is -2.58. The van der Waals surface area contributed by atoms with Gasteiger partial charge in [-0.15, -0.1) is 0 Å². The predicted octanol–water partition coefficient (Wildman–Crippen LogP) is 1.35. The van der Waals surface area contributed by atoms with Crippen LogP contribution in [-0.4, -0.2) is 70.2 Å². The molecule has 2 bridgehead atoms. The molecule has 0 aliphatic carbocycles. The van der Waals surface area contributed by atoms with Gasteiger partial charge in [0, 0.05) is 12.6 Å². The highest BCUT2D eigenvalue weighted by molar-refractivity contribution is 5.99. The molecule has 8 nitrogen and oxygen atoms in total. The van der Waals surface area contributed by atoms with Crippen molar-refractivity contribution in [3.8, 4) is 0 Å². The smallest absolute Gasteiger partial charge is 0.246 e. The SMILES string of the molecule is CCCNC(=O)[C@@H]1[C@H]2C(=O)N([C@H](C)CO)C(C(=O)NC(C)CCC)C23CC[C@@]1(CC)O3. The molecule has 3 N–H and O–H groups in total. The van der Waals surface area contributed by atoms with Gasteiger partial charge in [0.25, 0.3) is 0 Å². The Morgan fingerprint density at radius 3 is 2.48 bits per heavy atom. The molecule has 0 aromatic carbocycles. The molecule has 3 aliphatic rings. The van der Waals surface area contributed by atoms with E-state index in [0.717, 1.165) is 19.3 Å². The number of nitrogens with one attached hydrogen (secondary N) is 2. The minimum Gasteiger partial charge on any atom is -0.394 e. The summed E-state index contributed by atoms with van der Waals surface area (Å²) >= 11 is 0. The Bertz CT molecular complexity index is 715. The second-order valence-electron chi connectivity index (χ2n) is 9.60. The van der Waals surface area contributed by atoms with Crippen molar-refractivity contribution in [1.82, 2.24) is 15.5 Å². The molecule has 176 valence electrons. The first-order valence-electron chi connectivity index (χ1n) is 11.9. The summed E-state index contributed by atoms with van der Waals surface area (Å²) < 4.78 is 6.64. The van der Waals surface area contributed by atoms with Crippen LogP contribution in [0.4, 0.5) is 0 Å². The van der Waals surface area contributed by atoms with Crippen molar-refractivity contribution < 1.29 is 24.2 Å². The topological polar surface area (TPSA) is 108 Å².